The average Bonchev–Trinajstić information content (AvgIpc) is 2.45. The Balaban J connectivity index is 2.91. The van der Waals surface area contributed by atoms with Gasteiger partial charge < -0.3 is 25.3 Å². The van der Waals surface area contributed by atoms with Crippen LogP contribution in [0.5, 0.6) is 11.5 Å². The van der Waals surface area contributed by atoms with Gasteiger partial charge in [0.25, 0.3) is 5.91 Å². The number of hydrogen-bond donors (Lipinski definition) is 2. The second-order valence-corrected chi connectivity index (χ2v) is 4.32. The number of nitrogens with two attached hydrogens (primary N) is 1. The van der Waals surface area contributed by atoms with Crippen LogP contribution >= 0.6 is 0 Å². The van der Waals surface area contributed by atoms with E-state index in [0.717, 1.165) is 0 Å². The molecule has 6 nitrogen and oxygen atoms in total. The molecule has 1 unspecified atom stereocenters. The van der Waals surface area contributed by atoms with Crippen molar-refractivity contribution in [2.75, 3.05) is 33.2 Å². The van der Waals surface area contributed by atoms with E-state index in [9.17, 15) is 4.79 Å². The standard InChI is InChI=1S/C14H22N2O4/c1-5-20-8-9(2)16-14(17)11-6-10(18-3)7-12(19-4)13(11)15/h6-7,9H,5,8,15H2,1-4H3,(H,16,17). The summed E-state index contributed by atoms with van der Waals surface area (Å²) in [6, 6.07) is 3.11. The molecule has 0 spiro atoms. The molecule has 20 heavy (non-hydrogen) atoms. The fourth-order valence-electron chi connectivity index (χ4n) is 1.71. The lowest BCUT2D eigenvalue weighted by molar-refractivity contribution is 0.0872. The van der Waals surface area contributed by atoms with Gasteiger partial charge in [0.2, 0.25) is 0 Å². The maximum Gasteiger partial charge on any atom is 0.253 e. The summed E-state index contributed by atoms with van der Waals surface area (Å²) in [6.07, 6.45) is 0. The minimum Gasteiger partial charge on any atom is -0.497 e. The van der Waals surface area contributed by atoms with Gasteiger partial charge in [0.1, 0.15) is 11.5 Å². The lowest BCUT2D eigenvalue weighted by Gasteiger charge is -2.16. The van der Waals surface area contributed by atoms with E-state index < -0.39 is 0 Å². The summed E-state index contributed by atoms with van der Waals surface area (Å²) < 4.78 is 15.5. The fourth-order valence-corrected chi connectivity index (χ4v) is 1.71. The summed E-state index contributed by atoms with van der Waals surface area (Å²) in [5.41, 5.74) is 6.53. The van der Waals surface area contributed by atoms with Crippen molar-refractivity contribution in [1.29, 1.82) is 0 Å². The highest BCUT2D eigenvalue weighted by Crippen LogP contribution is 2.30. The van der Waals surface area contributed by atoms with Crippen molar-refractivity contribution in [3.8, 4) is 11.5 Å². The molecule has 0 aromatic heterocycles. The SMILES string of the molecule is CCOCC(C)NC(=O)c1cc(OC)cc(OC)c1N. The summed E-state index contributed by atoms with van der Waals surface area (Å²) in [6.45, 7) is 4.82. The van der Waals surface area contributed by atoms with E-state index >= 15 is 0 Å². The number of ether oxygens (including phenoxy) is 3. The van der Waals surface area contributed by atoms with Crippen molar-refractivity contribution >= 4 is 11.6 Å². The fraction of sp³-hybridized carbons (Fsp3) is 0.500. The van der Waals surface area contributed by atoms with E-state index in [2.05, 4.69) is 5.32 Å². The van der Waals surface area contributed by atoms with Crippen LogP contribution in [0.4, 0.5) is 5.69 Å². The number of anilines is 1. The molecule has 1 rings (SSSR count). The zero-order valence-electron chi connectivity index (χ0n) is 12.4. The van der Waals surface area contributed by atoms with Crippen LogP contribution in [-0.2, 0) is 4.74 Å². The molecule has 0 aliphatic carbocycles. The van der Waals surface area contributed by atoms with Crippen LogP contribution < -0.4 is 20.5 Å². The number of carbonyl (C=O) groups is 1. The Morgan fingerprint density at radius 2 is 2.05 bits per heavy atom. The molecule has 0 aliphatic heterocycles. The van der Waals surface area contributed by atoms with Gasteiger partial charge in [-0.05, 0) is 19.9 Å². The number of amides is 1. The number of nitrogens with one attached hydrogen (secondary N) is 1. The molecule has 1 aromatic carbocycles. The Morgan fingerprint density at radius 3 is 2.60 bits per heavy atom. The predicted molar refractivity (Wildman–Crippen MR) is 77.4 cm³/mol. The van der Waals surface area contributed by atoms with Crippen molar-refractivity contribution in [3.63, 3.8) is 0 Å². The largest absolute Gasteiger partial charge is 0.497 e. The molecule has 1 aromatic rings. The van der Waals surface area contributed by atoms with Crippen molar-refractivity contribution < 1.29 is 19.0 Å². The Labute approximate surface area is 119 Å². The molecule has 3 N–H and O–H groups in total. The monoisotopic (exact) mass is 282 g/mol. The van der Waals surface area contributed by atoms with E-state index in [1.165, 1.54) is 14.2 Å². The van der Waals surface area contributed by atoms with Crippen LogP contribution in [0, 0.1) is 0 Å². The third-order valence-electron chi connectivity index (χ3n) is 2.77. The van der Waals surface area contributed by atoms with E-state index in [0.29, 0.717) is 30.3 Å². The van der Waals surface area contributed by atoms with E-state index in [1.54, 1.807) is 12.1 Å². The number of nitrogen functional groups attached to an aromatic ring is 1. The van der Waals surface area contributed by atoms with Crippen LogP contribution in [0.15, 0.2) is 12.1 Å². The van der Waals surface area contributed by atoms with Crippen molar-refractivity contribution in [2.24, 2.45) is 0 Å². The Morgan fingerprint density at radius 1 is 1.35 bits per heavy atom. The summed E-state index contributed by atoms with van der Waals surface area (Å²) in [4.78, 5) is 12.2. The third-order valence-corrected chi connectivity index (χ3v) is 2.77. The lowest BCUT2D eigenvalue weighted by Crippen LogP contribution is -2.36. The van der Waals surface area contributed by atoms with Gasteiger partial charge in [-0.2, -0.15) is 0 Å². The van der Waals surface area contributed by atoms with Crippen molar-refractivity contribution in [2.45, 2.75) is 19.9 Å². The highest BCUT2D eigenvalue weighted by molar-refractivity contribution is 6.01. The van der Waals surface area contributed by atoms with Crippen LogP contribution in [0.1, 0.15) is 24.2 Å². The maximum atomic E-state index is 12.2. The van der Waals surface area contributed by atoms with Gasteiger partial charge in [-0.3, -0.25) is 4.79 Å². The van der Waals surface area contributed by atoms with Gasteiger partial charge in [0.05, 0.1) is 32.1 Å². The van der Waals surface area contributed by atoms with Gasteiger partial charge in [-0.25, -0.2) is 0 Å². The molecule has 0 fully saturated rings. The average molecular weight is 282 g/mol. The number of rotatable bonds is 7. The molecule has 1 amide bonds. The van der Waals surface area contributed by atoms with Crippen LogP contribution in [0.3, 0.4) is 0 Å². The topological polar surface area (TPSA) is 82.8 Å². The smallest absolute Gasteiger partial charge is 0.253 e. The van der Waals surface area contributed by atoms with Crippen LogP contribution in [-0.4, -0.2) is 39.4 Å². The van der Waals surface area contributed by atoms with Crippen LogP contribution in [0.2, 0.25) is 0 Å². The first-order chi connectivity index (χ1) is 9.53. The van der Waals surface area contributed by atoms with E-state index in [4.69, 9.17) is 19.9 Å². The predicted octanol–water partition coefficient (Wildman–Crippen LogP) is 1.44. The molecular formula is C14H22N2O4. The summed E-state index contributed by atoms with van der Waals surface area (Å²) >= 11 is 0. The highest BCUT2D eigenvalue weighted by Gasteiger charge is 2.17. The minimum absolute atomic E-state index is 0.112. The van der Waals surface area contributed by atoms with Crippen molar-refractivity contribution in [3.05, 3.63) is 17.7 Å². The highest BCUT2D eigenvalue weighted by atomic mass is 16.5. The summed E-state index contributed by atoms with van der Waals surface area (Å²) in [7, 11) is 3.01. The van der Waals surface area contributed by atoms with Crippen LogP contribution in [0.25, 0.3) is 0 Å². The van der Waals surface area contributed by atoms with Gasteiger partial charge in [0.15, 0.2) is 0 Å². The Kier molecular flexibility index (Phi) is 6.11. The molecule has 1 atom stereocenters. The molecular weight excluding hydrogens is 260 g/mol. The van der Waals surface area contributed by atoms with Gasteiger partial charge in [-0.15, -0.1) is 0 Å². The second-order valence-electron chi connectivity index (χ2n) is 4.32. The number of carbonyl (C=O) groups excluding carboxylic acids is 1. The Bertz CT molecular complexity index is 463. The zero-order chi connectivity index (χ0) is 15.1. The molecule has 0 radical (unpaired) electrons. The molecule has 0 aliphatic rings. The first kappa shape index (κ1) is 16.1. The number of methoxy groups -OCH3 is 2. The first-order valence-corrected chi connectivity index (χ1v) is 6.43. The second kappa shape index (κ2) is 7.59. The molecule has 0 saturated heterocycles. The summed E-state index contributed by atoms with van der Waals surface area (Å²) in [5.74, 6) is 0.637. The molecule has 0 heterocycles. The molecule has 112 valence electrons. The summed E-state index contributed by atoms with van der Waals surface area (Å²) in [5, 5.41) is 2.82. The maximum absolute atomic E-state index is 12.2. The quantitative estimate of drug-likeness (QED) is 0.739. The molecule has 0 saturated carbocycles. The van der Waals surface area contributed by atoms with E-state index in [-0.39, 0.29) is 17.6 Å². The number of hydrogen-bond acceptors (Lipinski definition) is 5. The number of benzene rings is 1. The van der Waals surface area contributed by atoms with Crippen molar-refractivity contribution in [1.82, 2.24) is 5.32 Å². The molecule has 0 bridgehead atoms. The normalized spacial score (nSPS) is 11.8. The lowest BCUT2D eigenvalue weighted by atomic mass is 10.1. The van der Waals surface area contributed by atoms with Gasteiger partial charge >= 0.3 is 0 Å². The van der Waals surface area contributed by atoms with E-state index in [1.807, 2.05) is 13.8 Å². The first-order valence-electron chi connectivity index (χ1n) is 6.43. The third kappa shape index (κ3) is 4.03. The molecule has 6 heteroatoms. The van der Waals surface area contributed by atoms with Gasteiger partial charge in [-0.1, -0.05) is 0 Å². The zero-order valence-corrected chi connectivity index (χ0v) is 12.4. The van der Waals surface area contributed by atoms with Gasteiger partial charge in [0, 0.05) is 18.7 Å². The minimum atomic E-state index is -0.285. The Hall–Kier alpha value is -1.95.